The molecule has 3 heterocycles. The minimum absolute atomic E-state index is 0.101. The first-order valence-electron chi connectivity index (χ1n) is 10.7. The first kappa shape index (κ1) is 21.7. The van der Waals surface area contributed by atoms with Gasteiger partial charge in [-0.05, 0) is 61.2 Å². The molecule has 0 aliphatic carbocycles. The van der Waals surface area contributed by atoms with E-state index in [9.17, 15) is 18.8 Å². The number of esters is 1. The average molecular weight is 468 g/mol. The Hall–Kier alpha value is -3.13. The Balaban J connectivity index is 1.40. The van der Waals surface area contributed by atoms with Crippen LogP contribution in [0.15, 0.2) is 51.7 Å². The third-order valence-corrected chi connectivity index (χ3v) is 8.11. The summed E-state index contributed by atoms with van der Waals surface area (Å²) in [6.07, 6.45) is 0.867. The van der Waals surface area contributed by atoms with Gasteiger partial charge < -0.3 is 14.1 Å². The zero-order chi connectivity index (χ0) is 23.3. The highest BCUT2D eigenvalue weighted by Crippen LogP contribution is 2.54. The van der Waals surface area contributed by atoms with Gasteiger partial charge >= 0.3 is 11.6 Å². The van der Waals surface area contributed by atoms with Crippen LogP contribution in [0, 0.1) is 19.7 Å². The van der Waals surface area contributed by atoms with E-state index in [4.69, 9.17) is 9.15 Å². The van der Waals surface area contributed by atoms with Crippen molar-refractivity contribution in [2.45, 2.75) is 44.2 Å². The van der Waals surface area contributed by atoms with E-state index < -0.39 is 22.5 Å². The molecule has 5 rings (SSSR count). The molecule has 1 amide bonds. The van der Waals surface area contributed by atoms with Crippen LogP contribution in [0.25, 0.3) is 11.0 Å². The number of hydrogen-bond donors (Lipinski definition) is 0. The van der Waals surface area contributed by atoms with Crippen LogP contribution in [0.2, 0.25) is 0 Å². The van der Waals surface area contributed by atoms with E-state index in [1.54, 1.807) is 23.1 Å². The molecule has 0 unspecified atom stereocenters. The predicted molar refractivity (Wildman–Crippen MR) is 122 cm³/mol. The van der Waals surface area contributed by atoms with Crippen LogP contribution in [0.1, 0.15) is 35.1 Å². The molecule has 6 nitrogen and oxygen atoms in total. The quantitative estimate of drug-likeness (QED) is 0.423. The maximum Gasteiger partial charge on any atom is 0.336 e. The summed E-state index contributed by atoms with van der Waals surface area (Å²) in [4.78, 5) is 38.8. The summed E-state index contributed by atoms with van der Waals surface area (Å²) in [5, 5.41) is 0.712. The maximum absolute atomic E-state index is 13.5. The third-order valence-electron chi connectivity index (χ3n) is 6.51. The van der Waals surface area contributed by atoms with Crippen molar-refractivity contribution in [2.75, 3.05) is 5.75 Å². The molecule has 0 bridgehead atoms. The molecule has 8 heteroatoms. The van der Waals surface area contributed by atoms with Crippen molar-refractivity contribution >= 4 is 34.6 Å². The molecule has 0 N–H and O–H groups in total. The molecule has 2 aliphatic rings. The number of thioether (sulfide) groups is 1. The van der Waals surface area contributed by atoms with Crippen molar-refractivity contribution in [3.8, 4) is 0 Å². The molecular formula is C25H22FNO5S. The Morgan fingerprint density at radius 2 is 1.91 bits per heavy atom. The van der Waals surface area contributed by atoms with Crippen LogP contribution in [0.3, 0.4) is 0 Å². The molecule has 2 aromatic carbocycles. The number of rotatable bonds is 4. The van der Waals surface area contributed by atoms with Gasteiger partial charge in [-0.25, -0.2) is 14.0 Å². The van der Waals surface area contributed by atoms with Gasteiger partial charge in [-0.3, -0.25) is 4.79 Å². The second-order valence-corrected chi connectivity index (χ2v) is 9.81. The van der Waals surface area contributed by atoms with E-state index in [2.05, 4.69) is 0 Å². The van der Waals surface area contributed by atoms with Crippen LogP contribution < -0.4 is 5.63 Å². The zero-order valence-corrected chi connectivity index (χ0v) is 19.0. The highest BCUT2D eigenvalue weighted by atomic mass is 32.2. The predicted octanol–water partition coefficient (Wildman–Crippen LogP) is 4.18. The van der Waals surface area contributed by atoms with Crippen LogP contribution in [0.4, 0.5) is 4.39 Å². The van der Waals surface area contributed by atoms with E-state index >= 15 is 0 Å². The topological polar surface area (TPSA) is 76.8 Å². The molecule has 170 valence electrons. The highest BCUT2D eigenvalue weighted by molar-refractivity contribution is 8.00. The van der Waals surface area contributed by atoms with Crippen molar-refractivity contribution in [3.05, 3.63) is 81.0 Å². The lowest BCUT2D eigenvalue weighted by atomic mass is 10.0. The lowest BCUT2D eigenvalue weighted by Crippen LogP contribution is -2.46. The molecule has 1 aromatic heterocycles. The van der Waals surface area contributed by atoms with Gasteiger partial charge in [0.25, 0.3) is 0 Å². The average Bonchev–Trinajstić information content (AvgIpc) is 3.32. The molecule has 2 aliphatic heterocycles. The number of benzene rings is 2. The summed E-state index contributed by atoms with van der Waals surface area (Å²) >= 11 is 1.51. The molecule has 0 radical (unpaired) electrons. The fourth-order valence-electron chi connectivity index (χ4n) is 4.68. The first-order valence-corrected chi connectivity index (χ1v) is 11.7. The van der Waals surface area contributed by atoms with Gasteiger partial charge in [0, 0.05) is 29.2 Å². The zero-order valence-electron chi connectivity index (χ0n) is 18.2. The number of nitrogens with zero attached hydrogens (tertiary/aromatic N) is 1. The van der Waals surface area contributed by atoms with Crippen molar-refractivity contribution in [2.24, 2.45) is 0 Å². The van der Waals surface area contributed by atoms with Crippen molar-refractivity contribution in [1.82, 2.24) is 4.90 Å². The van der Waals surface area contributed by atoms with Gasteiger partial charge in [-0.15, -0.1) is 11.8 Å². The Bertz CT molecular complexity index is 1340. The van der Waals surface area contributed by atoms with E-state index in [0.29, 0.717) is 35.1 Å². The Morgan fingerprint density at radius 3 is 2.67 bits per heavy atom. The van der Waals surface area contributed by atoms with Gasteiger partial charge in [-0.1, -0.05) is 12.1 Å². The van der Waals surface area contributed by atoms with Crippen LogP contribution in [0.5, 0.6) is 0 Å². The van der Waals surface area contributed by atoms with Gasteiger partial charge in [0.15, 0.2) is 0 Å². The van der Waals surface area contributed by atoms with Crippen LogP contribution in [-0.4, -0.2) is 28.6 Å². The fraction of sp³-hybridized carbons (Fsp3) is 0.320. The number of carbonyl (C=O) groups is 2. The molecule has 0 saturated carbocycles. The fourth-order valence-corrected chi connectivity index (χ4v) is 6.31. The van der Waals surface area contributed by atoms with Gasteiger partial charge in [-0.2, -0.15) is 0 Å². The molecule has 3 aromatic rings. The molecule has 0 spiro atoms. The number of aryl methyl sites for hydroxylation is 2. The lowest BCUT2D eigenvalue weighted by molar-refractivity contribution is -0.155. The molecule has 2 atom stereocenters. The van der Waals surface area contributed by atoms with Crippen molar-refractivity contribution < 1.29 is 23.1 Å². The summed E-state index contributed by atoms with van der Waals surface area (Å²) in [5.74, 6) is -0.608. The van der Waals surface area contributed by atoms with E-state index in [0.717, 1.165) is 16.7 Å². The van der Waals surface area contributed by atoms with Crippen LogP contribution in [-0.2, 0) is 25.8 Å². The summed E-state index contributed by atoms with van der Waals surface area (Å²) < 4.78 is 24.4. The summed E-state index contributed by atoms with van der Waals surface area (Å²) in [6, 6.07) is 10.4. The second kappa shape index (κ2) is 8.02. The van der Waals surface area contributed by atoms with Gasteiger partial charge in [0.1, 0.15) is 28.9 Å². The smallest absolute Gasteiger partial charge is 0.336 e. The highest BCUT2D eigenvalue weighted by Gasteiger charge is 2.57. The summed E-state index contributed by atoms with van der Waals surface area (Å²) in [5.41, 5.74) is 3.31. The Morgan fingerprint density at radius 1 is 1.18 bits per heavy atom. The molecule has 2 fully saturated rings. The Labute approximate surface area is 193 Å². The summed E-state index contributed by atoms with van der Waals surface area (Å²) in [7, 11) is 0. The molecule has 33 heavy (non-hydrogen) atoms. The SMILES string of the molecule is Cc1cc2oc(=O)cc(COC(=O)[C@@H]3CS[C@]4(c5ccc(F)cc5)CCC(=O)N34)c2cc1C. The first-order chi connectivity index (χ1) is 15.8. The standard InChI is InChI=1S/C25H22FNO5S/c1-14-9-19-16(11-23(29)32-21(19)10-15(14)2)12-31-24(30)20-13-33-25(8-7-22(28)27(20)25)17-3-5-18(26)6-4-17/h3-6,9-11,20H,7-8,12-13H2,1-2H3/t20-,25-/m0/s1. The number of carbonyl (C=O) groups excluding carboxylic acids is 2. The number of hydrogen-bond acceptors (Lipinski definition) is 6. The lowest BCUT2D eigenvalue weighted by Gasteiger charge is -2.33. The van der Waals surface area contributed by atoms with Crippen molar-refractivity contribution in [1.29, 1.82) is 0 Å². The van der Waals surface area contributed by atoms with Gasteiger partial charge in [0.05, 0.1) is 0 Å². The van der Waals surface area contributed by atoms with Crippen molar-refractivity contribution in [3.63, 3.8) is 0 Å². The van der Waals surface area contributed by atoms with E-state index in [1.165, 1.54) is 30.0 Å². The monoisotopic (exact) mass is 467 g/mol. The third kappa shape index (κ3) is 3.62. The van der Waals surface area contributed by atoms with E-state index in [1.807, 2.05) is 19.9 Å². The maximum atomic E-state index is 13.5. The Kier molecular flexibility index (Phi) is 5.28. The number of ether oxygens (including phenoxy) is 1. The minimum atomic E-state index is -0.745. The number of halogens is 1. The van der Waals surface area contributed by atoms with Gasteiger partial charge in [0.2, 0.25) is 5.91 Å². The number of amides is 1. The minimum Gasteiger partial charge on any atom is -0.459 e. The number of fused-ring (bicyclic) bond motifs is 2. The van der Waals surface area contributed by atoms with E-state index in [-0.39, 0.29) is 18.3 Å². The normalized spacial score (nSPS) is 22.1. The second-order valence-electron chi connectivity index (χ2n) is 8.51. The van der Waals surface area contributed by atoms with Crippen LogP contribution >= 0.6 is 11.8 Å². The largest absolute Gasteiger partial charge is 0.459 e. The molecular weight excluding hydrogens is 445 g/mol. The molecule has 2 saturated heterocycles. The summed E-state index contributed by atoms with van der Waals surface area (Å²) in [6.45, 7) is 3.79.